The van der Waals surface area contributed by atoms with Gasteiger partial charge in [-0.15, -0.1) is 0 Å². The van der Waals surface area contributed by atoms with Crippen molar-refractivity contribution in [3.05, 3.63) is 56.7 Å². The summed E-state index contributed by atoms with van der Waals surface area (Å²) in [6, 6.07) is 7.07. The number of nitrogens with zero attached hydrogens (tertiary/aromatic N) is 7. The first kappa shape index (κ1) is 29.4. The van der Waals surface area contributed by atoms with Crippen LogP contribution in [0.1, 0.15) is 6.42 Å². The largest absolute Gasteiger partial charge is 0.378 e. The molecular formula is C26H28Cl2N10O4. The highest BCUT2D eigenvalue weighted by molar-refractivity contribution is 6.36. The van der Waals surface area contributed by atoms with Crippen molar-refractivity contribution in [2.24, 2.45) is 0 Å². The number of imide groups is 1. The van der Waals surface area contributed by atoms with Gasteiger partial charge in [0.15, 0.2) is 0 Å². The van der Waals surface area contributed by atoms with Crippen molar-refractivity contribution in [2.45, 2.75) is 12.5 Å². The van der Waals surface area contributed by atoms with E-state index in [0.29, 0.717) is 53.3 Å². The van der Waals surface area contributed by atoms with Crippen LogP contribution < -0.4 is 21.3 Å². The van der Waals surface area contributed by atoms with E-state index in [-0.39, 0.29) is 41.4 Å². The van der Waals surface area contributed by atoms with Crippen LogP contribution in [0.3, 0.4) is 0 Å². The summed E-state index contributed by atoms with van der Waals surface area (Å²) < 4.78 is 0. The van der Waals surface area contributed by atoms with Crippen LogP contribution in [0, 0.1) is 10.1 Å². The molecule has 0 saturated carbocycles. The van der Waals surface area contributed by atoms with Crippen LogP contribution in [-0.2, 0) is 9.59 Å². The van der Waals surface area contributed by atoms with Crippen molar-refractivity contribution in [1.82, 2.24) is 24.8 Å². The normalized spacial score (nSPS) is 18.0. The highest BCUT2D eigenvalue weighted by Crippen LogP contribution is 2.38. The van der Waals surface area contributed by atoms with Gasteiger partial charge in [0, 0.05) is 55.9 Å². The number of nitro groups is 1. The van der Waals surface area contributed by atoms with Crippen molar-refractivity contribution >= 4 is 64.0 Å². The Bertz CT molecular complexity index is 1530. The van der Waals surface area contributed by atoms with Gasteiger partial charge in [0.05, 0.1) is 34.3 Å². The van der Waals surface area contributed by atoms with Gasteiger partial charge in [0.1, 0.15) is 11.5 Å². The zero-order valence-electron chi connectivity index (χ0n) is 22.6. The van der Waals surface area contributed by atoms with Crippen LogP contribution in [0.25, 0.3) is 11.3 Å². The molecule has 1 aromatic carbocycles. The van der Waals surface area contributed by atoms with Gasteiger partial charge >= 0.3 is 5.69 Å². The Hall–Kier alpha value is -4.11. The van der Waals surface area contributed by atoms with Gasteiger partial charge in [0.2, 0.25) is 17.7 Å². The van der Waals surface area contributed by atoms with E-state index in [0.717, 1.165) is 18.0 Å². The van der Waals surface area contributed by atoms with E-state index < -0.39 is 11.0 Å². The van der Waals surface area contributed by atoms with Crippen molar-refractivity contribution in [1.29, 1.82) is 0 Å². The van der Waals surface area contributed by atoms with E-state index in [4.69, 9.17) is 28.9 Å². The molecule has 4 N–H and O–H groups in total. The van der Waals surface area contributed by atoms with Gasteiger partial charge in [-0.25, -0.2) is 19.9 Å². The summed E-state index contributed by atoms with van der Waals surface area (Å²) in [7, 11) is 2.03. The number of benzene rings is 1. The minimum Gasteiger partial charge on any atom is -0.378 e. The molecule has 2 aromatic heterocycles. The molecule has 2 fully saturated rings. The molecule has 0 radical (unpaired) electrons. The Morgan fingerprint density at radius 1 is 1.07 bits per heavy atom. The molecule has 14 nitrogen and oxygen atoms in total. The van der Waals surface area contributed by atoms with Crippen LogP contribution >= 0.6 is 23.2 Å². The van der Waals surface area contributed by atoms with E-state index in [2.05, 4.69) is 30.5 Å². The Labute approximate surface area is 251 Å². The second-order valence-corrected chi connectivity index (χ2v) is 10.7. The molecule has 16 heteroatoms. The topological polar surface area (TPSA) is 176 Å². The van der Waals surface area contributed by atoms with Crippen molar-refractivity contribution in [2.75, 3.05) is 67.6 Å². The number of carbonyl (C=O) groups is 2. The van der Waals surface area contributed by atoms with Gasteiger partial charge < -0.3 is 21.3 Å². The minimum atomic E-state index is -0.602. The number of nitrogens with one attached hydrogen (secondary N) is 2. The molecule has 4 heterocycles. The first-order valence-corrected chi connectivity index (χ1v) is 13.9. The molecule has 1 atom stereocenters. The molecule has 0 aliphatic carbocycles. The van der Waals surface area contributed by atoms with Crippen molar-refractivity contribution in [3.63, 3.8) is 0 Å². The lowest BCUT2D eigenvalue weighted by Crippen LogP contribution is -2.51. The summed E-state index contributed by atoms with van der Waals surface area (Å²) >= 11 is 12.7. The van der Waals surface area contributed by atoms with Gasteiger partial charge in [-0.05, 0) is 31.3 Å². The molecule has 220 valence electrons. The van der Waals surface area contributed by atoms with Crippen molar-refractivity contribution < 1.29 is 14.5 Å². The fourth-order valence-electron chi connectivity index (χ4n) is 4.88. The number of anilines is 4. The Morgan fingerprint density at radius 2 is 1.81 bits per heavy atom. The number of amides is 2. The Kier molecular flexibility index (Phi) is 8.68. The number of pyridine rings is 1. The molecule has 2 saturated heterocycles. The van der Waals surface area contributed by atoms with E-state index in [9.17, 15) is 19.7 Å². The lowest BCUT2D eigenvalue weighted by atomic mass is 10.1. The first-order chi connectivity index (χ1) is 20.1. The lowest BCUT2D eigenvalue weighted by molar-refractivity contribution is -0.384. The predicted octanol–water partition coefficient (Wildman–Crippen LogP) is 2.74. The van der Waals surface area contributed by atoms with Crippen molar-refractivity contribution in [3.8, 4) is 11.3 Å². The van der Waals surface area contributed by atoms with Crippen LogP contribution in [0.4, 0.5) is 29.0 Å². The molecule has 2 aliphatic rings. The van der Waals surface area contributed by atoms with Gasteiger partial charge in [-0.3, -0.25) is 24.6 Å². The molecular weight excluding hydrogens is 587 g/mol. The van der Waals surface area contributed by atoms with E-state index in [1.165, 1.54) is 18.3 Å². The summed E-state index contributed by atoms with van der Waals surface area (Å²) in [4.78, 5) is 55.5. The number of nitrogen functional groups attached to an aromatic ring is 1. The van der Waals surface area contributed by atoms with E-state index >= 15 is 0 Å². The maximum absolute atomic E-state index is 13.6. The zero-order valence-corrected chi connectivity index (χ0v) is 24.1. The minimum absolute atomic E-state index is 0.0726. The van der Waals surface area contributed by atoms with E-state index in [1.807, 2.05) is 11.9 Å². The second-order valence-electron chi connectivity index (χ2n) is 9.89. The van der Waals surface area contributed by atoms with Crippen LogP contribution in [0.15, 0.2) is 36.5 Å². The maximum Gasteiger partial charge on any atom is 0.311 e. The monoisotopic (exact) mass is 614 g/mol. The zero-order chi connectivity index (χ0) is 30.0. The van der Waals surface area contributed by atoms with Gasteiger partial charge in [0.25, 0.3) is 5.91 Å². The third kappa shape index (κ3) is 6.21. The maximum atomic E-state index is 13.6. The molecule has 1 unspecified atom stereocenters. The fraction of sp³-hybridized carbons (Fsp3) is 0.346. The molecule has 2 aliphatic heterocycles. The second kappa shape index (κ2) is 12.4. The van der Waals surface area contributed by atoms with Crippen LogP contribution in [0.2, 0.25) is 10.0 Å². The van der Waals surface area contributed by atoms with Gasteiger partial charge in [-0.1, -0.05) is 23.2 Å². The lowest BCUT2D eigenvalue weighted by Gasteiger charge is -2.35. The summed E-state index contributed by atoms with van der Waals surface area (Å²) in [5.74, 6) is -0.252. The number of hydrogen-bond acceptors (Lipinski definition) is 12. The number of halogens is 2. The molecule has 2 amide bonds. The smallest absolute Gasteiger partial charge is 0.311 e. The highest BCUT2D eigenvalue weighted by Gasteiger charge is 2.44. The first-order valence-electron chi connectivity index (χ1n) is 13.1. The average molecular weight is 615 g/mol. The molecule has 3 aromatic rings. The van der Waals surface area contributed by atoms with E-state index in [1.54, 1.807) is 18.2 Å². The summed E-state index contributed by atoms with van der Waals surface area (Å²) in [6.45, 7) is 3.70. The quantitative estimate of drug-likeness (QED) is 0.139. The Morgan fingerprint density at radius 3 is 2.50 bits per heavy atom. The standard InChI is InChI=1S/C26H28Cl2N10O4/c1-35-8-10-36(11-9-35)19-13-22(39)37(25(19)40)20-14-32-26(34-23(20)16-3-2-15(27)12-17(16)28)31-7-6-30-21-5-4-18(38(41)42)24(29)33-21/h2-5,12,14,19H,6-11,13H2,1H3,(H3,29,30,33)(H,31,32,34). The summed E-state index contributed by atoms with van der Waals surface area (Å²) in [6.07, 6.45) is 1.51. The number of hydrogen-bond donors (Lipinski definition) is 3. The number of nitrogens with two attached hydrogens (primary N) is 1. The number of carbonyl (C=O) groups excluding carboxylic acids is 2. The summed E-state index contributed by atoms with van der Waals surface area (Å²) in [5.41, 5.74) is 6.39. The molecule has 42 heavy (non-hydrogen) atoms. The predicted molar refractivity (Wildman–Crippen MR) is 160 cm³/mol. The number of aromatic nitrogens is 3. The SMILES string of the molecule is CN1CCN(C2CC(=O)N(c3cnc(NCCNc4ccc([N+](=O)[O-])c(N)n4)nc3-c3ccc(Cl)cc3Cl)C2=O)CC1. The highest BCUT2D eigenvalue weighted by atomic mass is 35.5. The summed E-state index contributed by atoms with van der Waals surface area (Å²) in [5, 5.41) is 17.8. The molecule has 0 bridgehead atoms. The number of likely N-dealkylation sites (N-methyl/N-ethyl adjacent to an activating group) is 1. The Balaban J connectivity index is 1.36. The number of rotatable bonds is 9. The third-order valence-corrected chi connectivity index (χ3v) is 7.66. The molecule has 5 rings (SSSR count). The van der Waals surface area contributed by atoms with Crippen LogP contribution in [0.5, 0.6) is 0 Å². The average Bonchev–Trinajstić information content (AvgIpc) is 3.24. The molecule has 0 spiro atoms. The number of piperazine rings is 1. The van der Waals surface area contributed by atoms with Crippen LogP contribution in [-0.4, -0.2) is 93.8 Å². The third-order valence-electron chi connectivity index (χ3n) is 7.11. The van der Waals surface area contributed by atoms with Gasteiger partial charge in [-0.2, -0.15) is 0 Å². The fourth-order valence-corrected chi connectivity index (χ4v) is 5.38.